The van der Waals surface area contributed by atoms with Crippen molar-refractivity contribution in [2.75, 3.05) is 19.7 Å². The second kappa shape index (κ2) is 6.78. The minimum Gasteiger partial charge on any atom is -0.394 e. The molecule has 2 rings (SSSR count). The van der Waals surface area contributed by atoms with E-state index in [9.17, 15) is 9.90 Å². The SMILES string of the molecule is CC[C@H](CNCC1=CCc2c1nc[nH]c2=O)[C@@H](O)CO. The van der Waals surface area contributed by atoms with Crippen LogP contribution in [0.5, 0.6) is 0 Å². The molecule has 6 nitrogen and oxygen atoms in total. The van der Waals surface area contributed by atoms with E-state index in [1.165, 1.54) is 6.33 Å². The van der Waals surface area contributed by atoms with E-state index in [1.54, 1.807) is 0 Å². The molecular formula is C14H21N3O3. The van der Waals surface area contributed by atoms with E-state index in [0.717, 1.165) is 17.7 Å². The second-order valence-electron chi connectivity index (χ2n) is 5.04. The van der Waals surface area contributed by atoms with E-state index in [0.29, 0.717) is 25.1 Å². The molecule has 1 aromatic rings. The molecule has 0 bridgehead atoms. The predicted molar refractivity (Wildman–Crippen MR) is 76.3 cm³/mol. The minimum atomic E-state index is -0.696. The van der Waals surface area contributed by atoms with Gasteiger partial charge in [-0.15, -0.1) is 0 Å². The Morgan fingerprint density at radius 2 is 2.35 bits per heavy atom. The summed E-state index contributed by atoms with van der Waals surface area (Å²) in [6, 6.07) is 0. The van der Waals surface area contributed by atoms with Crippen molar-refractivity contribution in [1.82, 2.24) is 15.3 Å². The number of hydrogen-bond donors (Lipinski definition) is 4. The summed E-state index contributed by atoms with van der Waals surface area (Å²) in [4.78, 5) is 18.4. The summed E-state index contributed by atoms with van der Waals surface area (Å²) in [6.07, 6.45) is 4.14. The van der Waals surface area contributed by atoms with Crippen molar-refractivity contribution in [3.8, 4) is 0 Å². The number of rotatable bonds is 7. The topological polar surface area (TPSA) is 98.2 Å². The van der Waals surface area contributed by atoms with Gasteiger partial charge < -0.3 is 20.5 Å². The van der Waals surface area contributed by atoms with E-state index in [2.05, 4.69) is 15.3 Å². The van der Waals surface area contributed by atoms with Gasteiger partial charge in [0.25, 0.3) is 5.56 Å². The van der Waals surface area contributed by atoms with Crippen LogP contribution in [0.25, 0.3) is 5.57 Å². The standard InChI is InChI=1S/C14H21N3O3/c1-2-9(12(19)7-18)5-15-6-10-3-4-11-13(10)16-8-17-14(11)20/h3,8-9,12,15,18-19H,2,4-7H2,1H3,(H,16,17,20)/t9-,12+/m1/s1. The summed E-state index contributed by atoms with van der Waals surface area (Å²) in [5, 5.41) is 21.9. The van der Waals surface area contributed by atoms with Crippen molar-refractivity contribution in [2.45, 2.75) is 25.9 Å². The number of aliphatic hydroxyl groups excluding tert-OH is 2. The zero-order valence-electron chi connectivity index (χ0n) is 11.6. The molecule has 1 aliphatic carbocycles. The first-order valence-electron chi connectivity index (χ1n) is 6.93. The quantitative estimate of drug-likeness (QED) is 0.548. The molecule has 1 heterocycles. The fourth-order valence-electron chi connectivity index (χ4n) is 2.47. The minimum absolute atomic E-state index is 0.0219. The van der Waals surface area contributed by atoms with Gasteiger partial charge in [-0.2, -0.15) is 0 Å². The molecule has 0 aromatic carbocycles. The summed E-state index contributed by atoms with van der Waals surface area (Å²) in [5.74, 6) is 0.0219. The Morgan fingerprint density at radius 3 is 3.05 bits per heavy atom. The first kappa shape index (κ1) is 14.9. The molecule has 1 aromatic heterocycles. The lowest BCUT2D eigenvalue weighted by molar-refractivity contribution is 0.0458. The smallest absolute Gasteiger partial charge is 0.254 e. The molecule has 4 N–H and O–H groups in total. The van der Waals surface area contributed by atoms with Crippen LogP contribution < -0.4 is 10.9 Å². The largest absolute Gasteiger partial charge is 0.394 e. The number of aromatic nitrogens is 2. The molecule has 0 fully saturated rings. The summed E-state index contributed by atoms with van der Waals surface area (Å²) in [7, 11) is 0. The van der Waals surface area contributed by atoms with Crippen LogP contribution >= 0.6 is 0 Å². The maximum atomic E-state index is 11.6. The Labute approximate surface area is 117 Å². The summed E-state index contributed by atoms with van der Waals surface area (Å²) >= 11 is 0. The van der Waals surface area contributed by atoms with Crippen LogP contribution in [0.3, 0.4) is 0 Å². The average Bonchev–Trinajstić information content (AvgIpc) is 2.87. The molecular weight excluding hydrogens is 258 g/mol. The Bertz CT molecular complexity index is 539. The van der Waals surface area contributed by atoms with Crippen LogP contribution in [0.1, 0.15) is 24.6 Å². The van der Waals surface area contributed by atoms with E-state index in [1.807, 2.05) is 13.0 Å². The highest BCUT2D eigenvalue weighted by Gasteiger charge is 2.19. The van der Waals surface area contributed by atoms with Gasteiger partial charge in [-0.1, -0.05) is 13.0 Å². The zero-order chi connectivity index (χ0) is 14.5. The molecule has 0 saturated heterocycles. The Morgan fingerprint density at radius 1 is 1.55 bits per heavy atom. The third-order valence-corrected chi connectivity index (χ3v) is 3.78. The molecule has 0 aliphatic heterocycles. The lowest BCUT2D eigenvalue weighted by atomic mass is 10.00. The van der Waals surface area contributed by atoms with Gasteiger partial charge in [0.1, 0.15) is 0 Å². The Hall–Kier alpha value is -1.50. The van der Waals surface area contributed by atoms with E-state index < -0.39 is 6.10 Å². The third kappa shape index (κ3) is 3.15. The zero-order valence-corrected chi connectivity index (χ0v) is 11.6. The Kier molecular flexibility index (Phi) is 5.05. The van der Waals surface area contributed by atoms with Gasteiger partial charge in [-0.3, -0.25) is 4.79 Å². The van der Waals surface area contributed by atoms with Gasteiger partial charge >= 0.3 is 0 Å². The van der Waals surface area contributed by atoms with Crippen molar-refractivity contribution in [2.24, 2.45) is 5.92 Å². The van der Waals surface area contributed by atoms with Gasteiger partial charge in [0.2, 0.25) is 0 Å². The molecule has 0 spiro atoms. The van der Waals surface area contributed by atoms with Gasteiger partial charge in [0.05, 0.1) is 24.7 Å². The maximum absolute atomic E-state index is 11.6. The van der Waals surface area contributed by atoms with Crippen LogP contribution in [-0.4, -0.2) is 46.0 Å². The molecule has 20 heavy (non-hydrogen) atoms. The van der Waals surface area contributed by atoms with Gasteiger partial charge in [0, 0.05) is 18.7 Å². The Balaban J connectivity index is 1.91. The number of nitrogens with one attached hydrogen (secondary N) is 2. The molecule has 0 radical (unpaired) electrons. The molecule has 0 unspecified atom stereocenters. The summed E-state index contributed by atoms with van der Waals surface area (Å²) in [6.45, 7) is 2.99. The van der Waals surface area contributed by atoms with Crippen LogP contribution in [0.2, 0.25) is 0 Å². The first-order chi connectivity index (χ1) is 9.67. The molecule has 0 saturated carbocycles. The normalized spacial score (nSPS) is 16.6. The van der Waals surface area contributed by atoms with Gasteiger partial charge in [-0.25, -0.2) is 4.98 Å². The highest BCUT2D eigenvalue weighted by molar-refractivity contribution is 5.70. The number of aromatic amines is 1. The molecule has 2 atom stereocenters. The number of aliphatic hydroxyl groups is 2. The van der Waals surface area contributed by atoms with Crippen molar-refractivity contribution >= 4 is 5.57 Å². The highest BCUT2D eigenvalue weighted by Crippen LogP contribution is 2.21. The van der Waals surface area contributed by atoms with Crippen molar-refractivity contribution in [1.29, 1.82) is 0 Å². The predicted octanol–water partition coefficient (Wildman–Crippen LogP) is -0.322. The summed E-state index contributed by atoms with van der Waals surface area (Å²) in [5.41, 5.74) is 2.41. The van der Waals surface area contributed by atoms with Crippen LogP contribution in [-0.2, 0) is 6.42 Å². The van der Waals surface area contributed by atoms with Crippen LogP contribution in [0.4, 0.5) is 0 Å². The third-order valence-electron chi connectivity index (χ3n) is 3.78. The lowest BCUT2D eigenvalue weighted by Gasteiger charge is -2.20. The molecule has 0 amide bonds. The second-order valence-corrected chi connectivity index (χ2v) is 5.04. The number of allylic oxidation sites excluding steroid dienone is 1. The van der Waals surface area contributed by atoms with Crippen molar-refractivity contribution < 1.29 is 10.2 Å². The molecule has 1 aliphatic rings. The number of fused-ring (bicyclic) bond motifs is 1. The lowest BCUT2D eigenvalue weighted by Crippen LogP contribution is -2.34. The van der Waals surface area contributed by atoms with Crippen LogP contribution in [0, 0.1) is 5.92 Å². The highest BCUT2D eigenvalue weighted by atomic mass is 16.3. The fourth-order valence-corrected chi connectivity index (χ4v) is 2.47. The van der Waals surface area contributed by atoms with Gasteiger partial charge in [-0.05, 0) is 24.3 Å². The van der Waals surface area contributed by atoms with E-state index in [4.69, 9.17) is 5.11 Å². The summed E-state index contributed by atoms with van der Waals surface area (Å²) < 4.78 is 0. The van der Waals surface area contributed by atoms with Crippen molar-refractivity contribution in [3.63, 3.8) is 0 Å². The number of nitrogens with zero attached hydrogens (tertiary/aromatic N) is 1. The van der Waals surface area contributed by atoms with Crippen LogP contribution in [0.15, 0.2) is 17.2 Å². The first-order valence-corrected chi connectivity index (χ1v) is 6.93. The molecule has 6 heteroatoms. The fraction of sp³-hybridized carbons (Fsp3) is 0.571. The number of H-pyrrole nitrogens is 1. The average molecular weight is 279 g/mol. The number of hydrogen-bond acceptors (Lipinski definition) is 5. The van der Waals surface area contributed by atoms with Gasteiger partial charge in [0.15, 0.2) is 0 Å². The van der Waals surface area contributed by atoms with E-state index >= 15 is 0 Å². The maximum Gasteiger partial charge on any atom is 0.254 e. The monoisotopic (exact) mass is 279 g/mol. The van der Waals surface area contributed by atoms with Crippen molar-refractivity contribution in [3.05, 3.63) is 34.0 Å². The molecule has 110 valence electrons. The van der Waals surface area contributed by atoms with E-state index in [-0.39, 0.29) is 18.1 Å².